The molecule has 0 N–H and O–H groups in total. The summed E-state index contributed by atoms with van der Waals surface area (Å²) in [6, 6.07) is 23.3. The normalized spacial score (nSPS) is 21.9. The molecule has 6 aromatic rings. The molecule has 0 atom stereocenters. The van der Waals surface area contributed by atoms with E-state index in [1.165, 1.54) is 43.7 Å². The van der Waals surface area contributed by atoms with Gasteiger partial charge >= 0.3 is 0 Å². The Bertz CT molecular complexity index is 2820. The molecule has 5 heteroatoms. The Morgan fingerprint density at radius 1 is 0.797 bits per heavy atom. The maximum Gasteiger partial charge on any atom is 0.216 e. The molecule has 1 radical (unpaired) electrons. The monoisotopic (exact) mass is 978 g/mol. The molecular formula is C54H67IrN3O-2. The predicted octanol–water partition coefficient (Wildman–Crippen LogP) is 15.1. The first-order valence-corrected chi connectivity index (χ1v) is 20.7. The Kier molecular flexibility index (Phi) is 9.26. The third kappa shape index (κ3) is 11.0. The van der Waals surface area contributed by atoms with E-state index in [1.54, 1.807) is 65.9 Å². The van der Waals surface area contributed by atoms with E-state index in [9.17, 15) is 1.37 Å². The zero-order chi connectivity index (χ0) is 51.2. The number of fused-ring (bicyclic) bond motifs is 3. The zero-order valence-electron chi connectivity index (χ0n) is 47.5. The minimum Gasteiger partial charge on any atom is -0.486 e. The van der Waals surface area contributed by atoms with Crippen molar-refractivity contribution in [1.29, 1.82) is 0 Å². The molecule has 0 amide bonds. The van der Waals surface area contributed by atoms with Crippen molar-refractivity contribution >= 4 is 22.1 Å². The van der Waals surface area contributed by atoms with Crippen LogP contribution in [0.1, 0.15) is 163 Å². The number of aromatic nitrogens is 3. The van der Waals surface area contributed by atoms with Gasteiger partial charge in [-0.05, 0) is 138 Å². The van der Waals surface area contributed by atoms with E-state index in [-0.39, 0.29) is 42.5 Å². The zero-order valence-corrected chi connectivity index (χ0v) is 38.9. The van der Waals surface area contributed by atoms with Gasteiger partial charge in [0, 0.05) is 58.7 Å². The topological polar surface area (TPSA) is 51.8 Å². The van der Waals surface area contributed by atoms with Crippen LogP contribution in [-0.2, 0) is 32.9 Å². The van der Waals surface area contributed by atoms with Crippen molar-refractivity contribution in [2.75, 3.05) is 0 Å². The molecule has 0 aliphatic heterocycles. The molecular weight excluding hydrogens is 899 g/mol. The SMILES string of the molecule is [2H]C([2H])([2H])c1c[c-]c(-c2cc(C([2H])([2H])C(C)(C)C)c(C([2H])([2H])C(C)(C)C)cn2)cc1.[2H]C([2H])([2H])c1ccc2c(n1)oc1c(-c3cc(C4([2H])CCC5(CC4)CC(C)(C)CC(C)(C)C5)ccn3)[c-]ccc12.[Ir]. The molecule has 59 heavy (non-hydrogen) atoms. The van der Waals surface area contributed by atoms with Gasteiger partial charge in [0.05, 0.1) is 5.58 Å². The largest absolute Gasteiger partial charge is 0.486 e. The molecule has 4 aromatic heterocycles. The van der Waals surface area contributed by atoms with Crippen molar-refractivity contribution in [1.82, 2.24) is 15.0 Å². The second kappa shape index (κ2) is 17.0. The van der Waals surface area contributed by atoms with Crippen LogP contribution in [0, 0.1) is 52.9 Å². The van der Waals surface area contributed by atoms with Crippen LogP contribution in [0.2, 0.25) is 0 Å². The summed E-state index contributed by atoms with van der Waals surface area (Å²) in [5.74, 6) is -0.646. The molecule has 1 spiro atoms. The maximum atomic E-state index is 9.53. The first-order chi connectivity index (χ1) is 31.5. The number of nitrogens with zero attached hydrogens (tertiary/aromatic N) is 3. The van der Waals surface area contributed by atoms with E-state index in [0.29, 0.717) is 50.1 Å². The number of hydrogen-bond acceptors (Lipinski definition) is 4. The van der Waals surface area contributed by atoms with Crippen molar-refractivity contribution in [2.45, 2.75) is 147 Å². The van der Waals surface area contributed by atoms with E-state index in [0.717, 1.165) is 42.0 Å². The molecule has 8 rings (SSSR count). The number of aryl methyl sites for hydroxylation is 2. The fourth-order valence-electron chi connectivity index (χ4n) is 10.0. The number of pyridine rings is 3. The summed E-state index contributed by atoms with van der Waals surface area (Å²) in [6.45, 7) is 15.8. The summed E-state index contributed by atoms with van der Waals surface area (Å²) in [7, 11) is 0. The Hall–Kier alpha value is -3.66. The van der Waals surface area contributed by atoms with Crippen molar-refractivity contribution < 1.29 is 39.6 Å². The van der Waals surface area contributed by atoms with Gasteiger partial charge < -0.3 is 14.4 Å². The minimum absolute atomic E-state index is 0. The Morgan fingerprint density at radius 2 is 1.51 bits per heavy atom. The van der Waals surface area contributed by atoms with Gasteiger partial charge in [0.1, 0.15) is 0 Å². The van der Waals surface area contributed by atoms with Crippen molar-refractivity contribution in [3.8, 4) is 22.5 Å². The summed E-state index contributed by atoms with van der Waals surface area (Å²) < 4.78 is 96.2. The second-order valence-corrected chi connectivity index (χ2v) is 20.5. The van der Waals surface area contributed by atoms with E-state index < -0.39 is 43.2 Å². The second-order valence-electron chi connectivity index (χ2n) is 20.5. The Labute approximate surface area is 384 Å². The van der Waals surface area contributed by atoms with Crippen molar-refractivity contribution in [3.05, 3.63) is 113 Å². The summed E-state index contributed by atoms with van der Waals surface area (Å²) in [5, 5.41) is 1.61. The molecule has 0 bridgehead atoms. The molecule has 2 aromatic carbocycles. The van der Waals surface area contributed by atoms with E-state index in [2.05, 4.69) is 54.8 Å². The van der Waals surface area contributed by atoms with Gasteiger partial charge in [-0.15, -0.1) is 53.6 Å². The van der Waals surface area contributed by atoms with Crippen LogP contribution in [0.15, 0.2) is 77.5 Å². The minimum atomic E-state index is -2.30. The van der Waals surface area contributed by atoms with Gasteiger partial charge in [-0.2, -0.15) is 0 Å². The first-order valence-electron chi connectivity index (χ1n) is 26.2. The van der Waals surface area contributed by atoms with Gasteiger partial charge in [-0.3, -0.25) is 0 Å². The van der Waals surface area contributed by atoms with Gasteiger partial charge in [0.2, 0.25) is 5.71 Å². The smallest absolute Gasteiger partial charge is 0.216 e. The Morgan fingerprint density at radius 3 is 2.15 bits per heavy atom. The molecule has 0 unspecified atom stereocenters. The standard InChI is InChI=1S/C32H37N2O.C22H30N.Ir/c1-21-9-10-25-24-7-6-8-26(28(24)35-29(25)34-21)27-17-23(13-16-33-27)22-11-14-32(15-12-22)19-30(2,3)18-31(4,5)20-32;1-16-8-10-17(11-9-16)20-12-18(13-21(2,3)4)19(15-23-20)14-22(5,6)7;/h6-7,9-10,13,16-17,22H,11-12,14-15,18-20H2,1-5H3;8-10,12,15H,13-14H2,1-7H3;/q2*-1;/i1D3,22D;1D3,13D2,14D2;. The van der Waals surface area contributed by atoms with Crippen LogP contribution in [0.4, 0.5) is 0 Å². The Balaban J connectivity index is 0.000000235. The van der Waals surface area contributed by atoms with Crippen molar-refractivity contribution in [2.24, 2.45) is 27.1 Å². The molecule has 0 saturated heterocycles. The van der Waals surface area contributed by atoms with Crippen LogP contribution < -0.4 is 0 Å². The molecule has 315 valence electrons. The third-order valence-electron chi connectivity index (χ3n) is 11.3. The van der Waals surface area contributed by atoms with E-state index in [1.807, 2.05) is 24.3 Å². The van der Waals surface area contributed by atoms with Crippen LogP contribution in [0.25, 0.3) is 44.6 Å². The average molecular weight is 977 g/mol. The average Bonchev–Trinajstić information content (AvgIpc) is 3.61. The van der Waals surface area contributed by atoms with Crippen molar-refractivity contribution in [3.63, 3.8) is 0 Å². The maximum absolute atomic E-state index is 9.53. The summed E-state index contributed by atoms with van der Waals surface area (Å²) in [6.07, 6.45) is 7.18. The molecule has 2 saturated carbocycles. The van der Waals surface area contributed by atoms with Gasteiger partial charge in [0.25, 0.3) is 0 Å². The number of furan rings is 1. The summed E-state index contributed by atoms with van der Waals surface area (Å²) >= 11 is 0. The number of benzene rings is 2. The molecule has 2 fully saturated rings. The summed E-state index contributed by atoms with van der Waals surface area (Å²) in [4.78, 5) is 13.3. The van der Waals surface area contributed by atoms with Crippen LogP contribution in [0.5, 0.6) is 0 Å². The third-order valence-corrected chi connectivity index (χ3v) is 11.3. The van der Waals surface area contributed by atoms with E-state index in [4.69, 9.17) is 18.1 Å². The quantitative estimate of drug-likeness (QED) is 0.162. The summed E-state index contributed by atoms with van der Waals surface area (Å²) in [5.41, 5.74) is 4.32. The van der Waals surface area contributed by atoms with Gasteiger partial charge in [-0.1, -0.05) is 105 Å². The van der Waals surface area contributed by atoms with Gasteiger partial charge in [-0.25, -0.2) is 4.98 Å². The molecule has 4 nitrogen and oxygen atoms in total. The molecule has 4 heterocycles. The van der Waals surface area contributed by atoms with Crippen LogP contribution >= 0.6 is 0 Å². The van der Waals surface area contributed by atoms with E-state index >= 15 is 0 Å². The first kappa shape index (κ1) is 32.1. The predicted molar refractivity (Wildman–Crippen MR) is 243 cm³/mol. The van der Waals surface area contributed by atoms with Crippen LogP contribution in [-0.4, -0.2) is 15.0 Å². The fraction of sp³-hybridized carbons (Fsp3) is 0.500. The molecule has 2 aliphatic rings. The number of rotatable bonds is 5. The number of hydrogen-bond donors (Lipinski definition) is 0. The van der Waals surface area contributed by atoms with Crippen LogP contribution in [0.3, 0.4) is 0 Å². The fourth-order valence-corrected chi connectivity index (χ4v) is 10.0. The van der Waals surface area contributed by atoms with Gasteiger partial charge in [0.15, 0.2) is 0 Å². The molecule has 2 aliphatic carbocycles.